The second-order valence-electron chi connectivity index (χ2n) is 7.23. The Kier molecular flexibility index (Phi) is 5.09. The van der Waals surface area contributed by atoms with E-state index < -0.39 is 0 Å². The van der Waals surface area contributed by atoms with E-state index in [1.807, 2.05) is 35.7 Å². The summed E-state index contributed by atoms with van der Waals surface area (Å²) in [6.07, 6.45) is 6.95. The Morgan fingerprint density at radius 2 is 2.03 bits per heavy atom. The number of carbonyl (C=O) groups is 2. The molecule has 1 atom stereocenters. The summed E-state index contributed by atoms with van der Waals surface area (Å²) in [6.45, 7) is 1.13. The first-order valence-electron chi connectivity index (χ1n) is 9.85. The summed E-state index contributed by atoms with van der Waals surface area (Å²) in [5.74, 6) is -0.324. The zero-order valence-corrected chi connectivity index (χ0v) is 17.2. The van der Waals surface area contributed by atoms with E-state index in [4.69, 9.17) is 4.98 Å². The molecule has 0 radical (unpaired) electrons. The number of thiazole rings is 1. The van der Waals surface area contributed by atoms with Crippen LogP contribution in [0.5, 0.6) is 0 Å². The van der Waals surface area contributed by atoms with E-state index >= 15 is 0 Å². The highest BCUT2D eigenvalue weighted by Gasteiger charge is 2.30. The van der Waals surface area contributed by atoms with Crippen molar-refractivity contribution in [2.24, 2.45) is 0 Å². The fourth-order valence-corrected chi connectivity index (χ4v) is 4.32. The number of anilines is 1. The Morgan fingerprint density at radius 1 is 1.13 bits per heavy atom. The van der Waals surface area contributed by atoms with Gasteiger partial charge in [0.25, 0.3) is 11.8 Å². The van der Waals surface area contributed by atoms with Crippen LogP contribution in [0, 0.1) is 0 Å². The standard InChI is InChI=1S/C22H18N6O2S/c29-20(27-22-25-8-10-31-22)16-11-18(26-17-4-2-1-3-15(16)17)14-5-9-28(13-14)21(30)19-12-23-6-7-24-19/h1-4,6-8,10-12,14H,5,9,13H2,(H,25,27,29)/t14-/m0/s1. The molecule has 0 saturated carbocycles. The van der Waals surface area contributed by atoms with Gasteiger partial charge in [-0.2, -0.15) is 0 Å². The Hall–Kier alpha value is -3.72. The number of para-hydroxylation sites is 1. The molecule has 0 aliphatic carbocycles. The normalized spacial score (nSPS) is 15.9. The molecule has 9 heteroatoms. The predicted molar refractivity (Wildman–Crippen MR) is 117 cm³/mol. The number of nitrogens with one attached hydrogen (secondary N) is 1. The van der Waals surface area contributed by atoms with Gasteiger partial charge in [-0.3, -0.25) is 24.9 Å². The van der Waals surface area contributed by atoms with Gasteiger partial charge in [-0.1, -0.05) is 18.2 Å². The minimum atomic E-state index is -0.222. The summed E-state index contributed by atoms with van der Waals surface area (Å²) in [5.41, 5.74) is 2.44. The molecule has 0 spiro atoms. The summed E-state index contributed by atoms with van der Waals surface area (Å²) in [4.78, 5) is 44.5. The van der Waals surface area contributed by atoms with Crippen LogP contribution in [0.4, 0.5) is 5.13 Å². The van der Waals surface area contributed by atoms with Gasteiger partial charge in [-0.25, -0.2) is 9.97 Å². The van der Waals surface area contributed by atoms with Crippen LogP contribution in [-0.2, 0) is 0 Å². The zero-order chi connectivity index (χ0) is 21.2. The number of fused-ring (bicyclic) bond motifs is 1. The number of aromatic nitrogens is 4. The summed E-state index contributed by atoms with van der Waals surface area (Å²) in [7, 11) is 0. The van der Waals surface area contributed by atoms with Crippen LogP contribution in [-0.4, -0.2) is 49.7 Å². The lowest BCUT2D eigenvalue weighted by atomic mass is 9.99. The molecule has 4 heterocycles. The quantitative estimate of drug-likeness (QED) is 0.533. The molecular weight excluding hydrogens is 412 g/mol. The summed E-state index contributed by atoms with van der Waals surface area (Å²) < 4.78 is 0. The lowest BCUT2D eigenvalue weighted by molar-refractivity contribution is 0.0784. The molecule has 1 aliphatic rings. The third-order valence-electron chi connectivity index (χ3n) is 5.31. The van der Waals surface area contributed by atoms with E-state index in [1.165, 1.54) is 23.7 Å². The molecule has 0 unspecified atom stereocenters. The van der Waals surface area contributed by atoms with Crippen molar-refractivity contribution in [2.75, 3.05) is 18.4 Å². The van der Waals surface area contributed by atoms with Crippen molar-refractivity contribution in [3.8, 4) is 0 Å². The highest BCUT2D eigenvalue weighted by atomic mass is 32.1. The topological polar surface area (TPSA) is 101 Å². The smallest absolute Gasteiger partial charge is 0.274 e. The van der Waals surface area contributed by atoms with Crippen LogP contribution in [0.25, 0.3) is 10.9 Å². The van der Waals surface area contributed by atoms with Crippen LogP contribution in [0.1, 0.15) is 38.9 Å². The van der Waals surface area contributed by atoms with E-state index in [2.05, 4.69) is 20.3 Å². The first-order chi connectivity index (χ1) is 15.2. The second-order valence-corrected chi connectivity index (χ2v) is 8.13. The third kappa shape index (κ3) is 3.87. The molecule has 3 aromatic heterocycles. The van der Waals surface area contributed by atoms with Gasteiger partial charge in [0.2, 0.25) is 0 Å². The zero-order valence-electron chi connectivity index (χ0n) is 16.4. The lowest BCUT2D eigenvalue weighted by Gasteiger charge is -2.16. The van der Waals surface area contributed by atoms with E-state index in [0.29, 0.717) is 29.5 Å². The van der Waals surface area contributed by atoms with Crippen LogP contribution in [0.3, 0.4) is 0 Å². The predicted octanol–water partition coefficient (Wildman–Crippen LogP) is 3.36. The van der Waals surface area contributed by atoms with Crippen molar-refractivity contribution in [2.45, 2.75) is 12.3 Å². The number of nitrogens with zero attached hydrogens (tertiary/aromatic N) is 5. The van der Waals surface area contributed by atoms with E-state index in [1.54, 1.807) is 17.3 Å². The highest BCUT2D eigenvalue weighted by molar-refractivity contribution is 7.13. The average Bonchev–Trinajstić information content (AvgIpc) is 3.51. The monoisotopic (exact) mass is 430 g/mol. The molecule has 154 valence electrons. The number of hydrogen-bond acceptors (Lipinski definition) is 7. The number of benzene rings is 1. The molecule has 2 amide bonds. The van der Waals surface area contributed by atoms with Crippen LogP contribution < -0.4 is 5.32 Å². The van der Waals surface area contributed by atoms with Crippen molar-refractivity contribution < 1.29 is 9.59 Å². The summed E-state index contributed by atoms with van der Waals surface area (Å²) >= 11 is 1.37. The molecule has 0 bridgehead atoms. The van der Waals surface area contributed by atoms with Gasteiger partial charge in [-0.05, 0) is 18.6 Å². The van der Waals surface area contributed by atoms with E-state index in [9.17, 15) is 9.59 Å². The van der Waals surface area contributed by atoms with Crippen molar-refractivity contribution in [1.82, 2.24) is 24.8 Å². The molecule has 1 aliphatic heterocycles. The summed E-state index contributed by atoms with van der Waals surface area (Å²) in [5, 5.41) is 6.00. The molecule has 1 fully saturated rings. The van der Waals surface area contributed by atoms with Gasteiger partial charge in [0, 0.05) is 54.1 Å². The number of likely N-dealkylation sites (tertiary alicyclic amines) is 1. The van der Waals surface area contributed by atoms with Crippen molar-refractivity contribution >= 4 is 39.2 Å². The van der Waals surface area contributed by atoms with Crippen LogP contribution in [0.15, 0.2) is 60.5 Å². The van der Waals surface area contributed by atoms with Gasteiger partial charge in [-0.15, -0.1) is 11.3 Å². The van der Waals surface area contributed by atoms with Crippen molar-refractivity contribution in [1.29, 1.82) is 0 Å². The number of pyridine rings is 1. The molecule has 1 N–H and O–H groups in total. The van der Waals surface area contributed by atoms with Crippen LogP contribution in [0.2, 0.25) is 0 Å². The van der Waals surface area contributed by atoms with Gasteiger partial charge < -0.3 is 4.90 Å². The Bertz CT molecular complexity index is 1250. The Balaban J connectivity index is 1.44. The maximum absolute atomic E-state index is 13.0. The maximum Gasteiger partial charge on any atom is 0.274 e. The fraction of sp³-hybridized carbons (Fsp3) is 0.182. The van der Waals surface area contributed by atoms with Crippen LogP contribution >= 0.6 is 11.3 Å². The largest absolute Gasteiger partial charge is 0.337 e. The van der Waals surface area contributed by atoms with E-state index in [0.717, 1.165) is 23.0 Å². The molecule has 1 aromatic carbocycles. The van der Waals surface area contributed by atoms with Gasteiger partial charge in [0.05, 0.1) is 17.3 Å². The highest BCUT2D eigenvalue weighted by Crippen LogP contribution is 2.30. The summed E-state index contributed by atoms with van der Waals surface area (Å²) in [6, 6.07) is 9.42. The third-order valence-corrected chi connectivity index (χ3v) is 6.00. The number of hydrogen-bond donors (Lipinski definition) is 1. The first-order valence-corrected chi connectivity index (χ1v) is 10.7. The molecular formula is C22H18N6O2S. The molecule has 5 rings (SSSR count). The molecule has 8 nitrogen and oxygen atoms in total. The number of carbonyl (C=O) groups excluding carboxylic acids is 2. The minimum Gasteiger partial charge on any atom is -0.337 e. The molecule has 1 saturated heterocycles. The van der Waals surface area contributed by atoms with Gasteiger partial charge in [0.1, 0.15) is 5.69 Å². The SMILES string of the molecule is O=C(Nc1nccs1)c1cc([C@H]2CCN(C(=O)c3cnccn3)C2)nc2ccccc12. The lowest BCUT2D eigenvalue weighted by Crippen LogP contribution is -2.29. The number of rotatable bonds is 4. The number of amides is 2. The van der Waals surface area contributed by atoms with Gasteiger partial charge in [0.15, 0.2) is 5.13 Å². The van der Waals surface area contributed by atoms with E-state index in [-0.39, 0.29) is 17.7 Å². The van der Waals surface area contributed by atoms with Crippen molar-refractivity contribution in [3.05, 3.63) is 77.5 Å². The Labute approximate surface area is 182 Å². The second kappa shape index (κ2) is 8.19. The Morgan fingerprint density at radius 3 is 2.84 bits per heavy atom. The molecule has 31 heavy (non-hydrogen) atoms. The first kappa shape index (κ1) is 19.3. The minimum absolute atomic E-state index is 0.0386. The maximum atomic E-state index is 13.0. The average molecular weight is 430 g/mol. The fourth-order valence-electron chi connectivity index (χ4n) is 3.80. The van der Waals surface area contributed by atoms with Gasteiger partial charge >= 0.3 is 0 Å². The van der Waals surface area contributed by atoms with Crippen molar-refractivity contribution in [3.63, 3.8) is 0 Å². The molecule has 4 aromatic rings.